The van der Waals surface area contributed by atoms with E-state index in [0.717, 1.165) is 11.4 Å². The molecule has 2 aromatic heterocycles. The second-order valence-electron chi connectivity index (χ2n) is 4.87. The topological polar surface area (TPSA) is 62.1 Å². The van der Waals surface area contributed by atoms with E-state index in [1.54, 1.807) is 25.4 Å². The number of hydrogen-bond donors (Lipinski definition) is 0. The smallest absolute Gasteiger partial charge is 0.338 e. The predicted octanol–water partition coefficient (Wildman–Crippen LogP) is 2.71. The molecular formula is C17H16N2O4. The van der Waals surface area contributed by atoms with Crippen LogP contribution in [-0.2, 0) is 11.3 Å². The standard InChI is InChI=1S/C17H16N2O4/c1-21-14-4-3-5-15(9-14)23-11-13-10-19-7-6-12(17(20)22-2)8-16(19)18-13/h3-10H,11H2,1-2H3. The lowest BCUT2D eigenvalue weighted by molar-refractivity contribution is 0.0600. The Hall–Kier alpha value is -3.02. The van der Waals surface area contributed by atoms with Crippen molar-refractivity contribution in [3.63, 3.8) is 0 Å². The Balaban J connectivity index is 1.76. The zero-order valence-electron chi connectivity index (χ0n) is 12.9. The number of methoxy groups -OCH3 is 2. The van der Waals surface area contributed by atoms with E-state index in [-0.39, 0.29) is 5.97 Å². The monoisotopic (exact) mass is 312 g/mol. The van der Waals surface area contributed by atoms with Gasteiger partial charge in [0.2, 0.25) is 0 Å². The Morgan fingerprint density at radius 1 is 1.17 bits per heavy atom. The minimum absolute atomic E-state index is 0.322. The molecule has 0 spiro atoms. The number of fused-ring (bicyclic) bond motifs is 1. The number of ether oxygens (including phenoxy) is 3. The number of carbonyl (C=O) groups excluding carboxylic acids is 1. The van der Waals surface area contributed by atoms with Crippen LogP contribution in [0.5, 0.6) is 11.5 Å². The highest BCUT2D eigenvalue weighted by molar-refractivity contribution is 5.90. The van der Waals surface area contributed by atoms with Crippen LogP contribution in [-0.4, -0.2) is 29.6 Å². The van der Waals surface area contributed by atoms with Crippen LogP contribution >= 0.6 is 0 Å². The summed E-state index contributed by atoms with van der Waals surface area (Å²) in [5.74, 6) is 1.06. The van der Waals surface area contributed by atoms with Crippen molar-refractivity contribution in [1.82, 2.24) is 9.38 Å². The van der Waals surface area contributed by atoms with Crippen molar-refractivity contribution in [2.24, 2.45) is 0 Å². The van der Waals surface area contributed by atoms with Crippen molar-refractivity contribution >= 4 is 11.6 Å². The highest BCUT2D eigenvalue weighted by atomic mass is 16.5. The molecule has 0 unspecified atom stereocenters. The first-order valence-electron chi connectivity index (χ1n) is 7.02. The minimum atomic E-state index is -0.385. The van der Waals surface area contributed by atoms with Gasteiger partial charge >= 0.3 is 5.97 Å². The largest absolute Gasteiger partial charge is 0.497 e. The van der Waals surface area contributed by atoms with Gasteiger partial charge in [0.05, 0.1) is 25.5 Å². The summed E-state index contributed by atoms with van der Waals surface area (Å²) in [5.41, 5.74) is 1.89. The van der Waals surface area contributed by atoms with E-state index in [1.807, 2.05) is 34.9 Å². The molecule has 2 heterocycles. The third kappa shape index (κ3) is 3.26. The van der Waals surface area contributed by atoms with Crippen molar-refractivity contribution in [1.29, 1.82) is 0 Å². The maximum absolute atomic E-state index is 11.5. The molecule has 118 valence electrons. The fourth-order valence-electron chi connectivity index (χ4n) is 2.20. The molecule has 0 bridgehead atoms. The maximum atomic E-state index is 11.5. The molecule has 23 heavy (non-hydrogen) atoms. The number of nitrogens with zero attached hydrogens (tertiary/aromatic N) is 2. The number of hydrogen-bond acceptors (Lipinski definition) is 5. The van der Waals surface area contributed by atoms with Gasteiger partial charge in [-0.3, -0.25) is 0 Å². The second-order valence-corrected chi connectivity index (χ2v) is 4.87. The first-order valence-corrected chi connectivity index (χ1v) is 7.02. The Labute approximate surface area is 133 Å². The van der Waals surface area contributed by atoms with Gasteiger partial charge in [0, 0.05) is 18.5 Å². The van der Waals surface area contributed by atoms with E-state index in [1.165, 1.54) is 7.11 Å². The van der Waals surface area contributed by atoms with Crippen molar-refractivity contribution in [2.75, 3.05) is 14.2 Å². The van der Waals surface area contributed by atoms with Crippen molar-refractivity contribution in [2.45, 2.75) is 6.61 Å². The van der Waals surface area contributed by atoms with E-state index in [2.05, 4.69) is 4.98 Å². The molecule has 0 aliphatic rings. The summed E-state index contributed by atoms with van der Waals surface area (Å²) in [5, 5.41) is 0. The number of esters is 1. The normalized spacial score (nSPS) is 10.5. The fourth-order valence-corrected chi connectivity index (χ4v) is 2.20. The summed E-state index contributed by atoms with van der Waals surface area (Å²) in [6.45, 7) is 0.322. The number of pyridine rings is 1. The van der Waals surface area contributed by atoms with Gasteiger partial charge in [-0.2, -0.15) is 0 Å². The van der Waals surface area contributed by atoms with Crippen LogP contribution in [0.2, 0.25) is 0 Å². The SMILES string of the molecule is COC(=O)c1ccn2cc(COc3cccc(OC)c3)nc2c1. The molecule has 1 aromatic carbocycles. The molecular weight excluding hydrogens is 296 g/mol. The van der Waals surface area contributed by atoms with E-state index >= 15 is 0 Å². The van der Waals surface area contributed by atoms with Crippen LogP contribution in [0.15, 0.2) is 48.8 Å². The van der Waals surface area contributed by atoms with Gasteiger partial charge in [0.15, 0.2) is 0 Å². The zero-order chi connectivity index (χ0) is 16.2. The van der Waals surface area contributed by atoms with E-state index < -0.39 is 0 Å². The average molecular weight is 312 g/mol. The molecule has 0 N–H and O–H groups in total. The van der Waals surface area contributed by atoms with Crippen LogP contribution < -0.4 is 9.47 Å². The van der Waals surface area contributed by atoms with Crippen molar-refractivity contribution in [3.8, 4) is 11.5 Å². The summed E-state index contributed by atoms with van der Waals surface area (Å²) in [4.78, 5) is 16.0. The van der Waals surface area contributed by atoms with Gasteiger partial charge in [-0.05, 0) is 24.3 Å². The quantitative estimate of drug-likeness (QED) is 0.678. The summed E-state index contributed by atoms with van der Waals surface area (Å²) in [6.07, 6.45) is 3.63. The van der Waals surface area contributed by atoms with E-state index in [9.17, 15) is 4.79 Å². The maximum Gasteiger partial charge on any atom is 0.338 e. The lowest BCUT2D eigenvalue weighted by Gasteiger charge is -2.05. The lowest BCUT2D eigenvalue weighted by Crippen LogP contribution is -2.01. The number of benzene rings is 1. The molecule has 0 aliphatic heterocycles. The highest BCUT2D eigenvalue weighted by Crippen LogP contribution is 2.20. The van der Waals surface area contributed by atoms with E-state index in [4.69, 9.17) is 14.2 Å². The van der Waals surface area contributed by atoms with Gasteiger partial charge in [-0.1, -0.05) is 6.07 Å². The molecule has 0 saturated heterocycles. The van der Waals surface area contributed by atoms with Gasteiger partial charge < -0.3 is 18.6 Å². The highest BCUT2D eigenvalue weighted by Gasteiger charge is 2.09. The zero-order valence-corrected chi connectivity index (χ0v) is 12.9. The summed E-state index contributed by atoms with van der Waals surface area (Å²) in [7, 11) is 2.96. The van der Waals surface area contributed by atoms with Gasteiger partial charge in [0.25, 0.3) is 0 Å². The Kier molecular flexibility index (Phi) is 4.14. The third-order valence-electron chi connectivity index (χ3n) is 3.36. The van der Waals surface area contributed by atoms with E-state index in [0.29, 0.717) is 23.6 Å². The molecule has 6 heteroatoms. The Morgan fingerprint density at radius 3 is 2.78 bits per heavy atom. The molecule has 0 amide bonds. The predicted molar refractivity (Wildman–Crippen MR) is 83.9 cm³/mol. The summed E-state index contributed by atoms with van der Waals surface area (Å²) in [6, 6.07) is 10.7. The molecule has 3 rings (SSSR count). The number of carbonyl (C=O) groups is 1. The number of imidazole rings is 1. The summed E-state index contributed by atoms with van der Waals surface area (Å²) < 4.78 is 17.4. The second kappa shape index (κ2) is 6.39. The van der Waals surface area contributed by atoms with Gasteiger partial charge in [-0.25, -0.2) is 9.78 Å². The lowest BCUT2D eigenvalue weighted by atomic mass is 10.3. The Morgan fingerprint density at radius 2 is 2.00 bits per heavy atom. The molecule has 0 atom stereocenters. The molecule has 0 radical (unpaired) electrons. The van der Waals surface area contributed by atoms with Crippen LogP contribution in [0.25, 0.3) is 5.65 Å². The van der Waals surface area contributed by atoms with Crippen molar-refractivity contribution in [3.05, 3.63) is 60.0 Å². The van der Waals surface area contributed by atoms with Crippen LogP contribution in [0.1, 0.15) is 16.1 Å². The molecule has 0 aliphatic carbocycles. The Bertz CT molecular complexity index is 841. The molecule has 3 aromatic rings. The molecule has 0 saturated carbocycles. The van der Waals surface area contributed by atoms with Crippen LogP contribution in [0.3, 0.4) is 0 Å². The first-order chi connectivity index (χ1) is 11.2. The summed E-state index contributed by atoms with van der Waals surface area (Å²) >= 11 is 0. The average Bonchev–Trinajstić information content (AvgIpc) is 3.01. The fraction of sp³-hybridized carbons (Fsp3) is 0.176. The van der Waals surface area contributed by atoms with Crippen LogP contribution in [0, 0.1) is 0 Å². The van der Waals surface area contributed by atoms with Gasteiger partial charge in [0.1, 0.15) is 23.8 Å². The third-order valence-corrected chi connectivity index (χ3v) is 3.36. The van der Waals surface area contributed by atoms with Gasteiger partial charge in [-0.15, -0.1) is 0 Å². The minimum Gasteiger partial charge on any atom is -0.497 e. The first kappa shape index (κ1) is 14.9. The van der Waals surface area contributed by atoms with Crippen LogP contribution in [0.4, 0.5) is 0 Å². The number of rotatable bonds is 5. The number of aromatic nitrogens is 2. The molecule has 6 nitrogen and oxygen atoms in total. The molecule has 0 fully saturated rings. The van der Waals surface area contributed by atoms with Crippen molar-refractivity contribution < 1.29 is 19.0 Å².